The van der Waals surface area contributed by atoms with E-state index in [-0.39, 0.29) is 5.69 Å². The number of methoxy groups -OCH3 is 1. The lowest BCUT2D eigenvalue weighted by atomic mass is 10.1. The van der Waals surface area contributed by atoms with Crippen LogP contribution in [0.3, 0.4) is 0 Å². The van der Waals surface area contributed by atoms with Crippen LogP contribution in [0.4, 0.5) is 11.6 Å². The zero-order valence-electron chi connectivity index (χ0n) is 17.6. The third-order valence-electron chi connectivity index (χ3n) is 5.02. The first-order chi connectivity index (χ1) is 15.5. The third kappa shape index (κ3) is 3.35. The Bertz CT molecular complexity index is 1430. The molecule has 0 aliphatic carbocycles. The van der Waals surface area contributed by atoms with E-state index in [4.69, 9.17) is 9.72 Å². The zero-order valence-corrected chi connectivity index (χ0v) is 17.6. The summed E-state index contributed by atoms with van der Waals surface area (Å²) in [5.74, 6) is 0.765. The molecule has 1 aromatic carbocycles. The van der Waals surface area contributed by atoms with Crippen molar-refractivity contribution in [3.8, 4) is 16.9 Å². The molecule has 160 valence electrons. The molecule has 0 aliphatic heterocycles. The molecule has 11 nitrogen and oxygen atoms in total. The van der Waals surface area contributed by atoms with E-state index in [1.165, 1.54) is 18.0 Å². The first-order valence-corrected chi connectivity index (χ1v) is 9.74. The molecule has 0 unspecified atom stereocenters. The molecule has 5 aromatic rings. The van der Waals surface area contributed by atoms with Crippen LogP contribution in [0, 0.1) is 0 Å². The van der Waals surface area contributed by atoms with E-state index < -0.39 is 5.97 Å². The molecule has 0 bridgehead atoms. The Morgan fingerprint density at radius 1 is 1.09 bits per heavy atom. The predicted molar refractivity (Wildman–Crippen MR) is 117 cm³/mol. The fourth-order valence-electron chi connectivity index (χ4n) is 3.40. The summed E-state index contributed by atoms with van der Waals surface area (Å²) in [6.07, 6.45) is 3.20. The molecular weight excluding hydrogens is 410 g/mol. The highest BCUT2D eigenvalue weighted by Gasteiger charge is 2.17. The molecule has 0 spiro atoms. The maximum absolute atomic E-state index is 11.8. The van der Waals surface area contributed by atoms with Gasteiger partial charge in [-0.15, -0.1) is 5.10 Å². The molecule has 32 heavy (non-hydrogen) atoms. The van der Waals surface area contributed by atoms with Crippen molar-refractivity contribution in [3.63, 3.8) is 0 Å². The van der Waals surface area contributed by atoms with Crippen molar-refractivity contribution < 1.29 is 9.53 Å². The van der Waals surface area contributed by atoms with Crippen LogP contribution >= 0.6 is 0 Å². The van der Waals surface area contributed by atoms with Crippen molar-refractivity contribution in [2.75, 3.05) is 12.4 Å². The van der Waals surface area contributed by atoms with Crippen LogP contribution in [0.1, 0.15) is 10.5 Å². The summed E-state index contributed by atoms with van der Waals surface area (Å²) in [5.41, 5.74) is 3.28. The Morgan fingerprint density at radius 3 is 2.69 bits per heavy atom. The van der Waals surface area contributed by atoms with Crippen LogP contribution in [-0.4, -0.2) is 52.6 Å². The summed E-state index contributed by atoms with van der Waals surface area (Å²) in [5, 5.41) is 20.9. The summed E-state index contributed by atoms with van der Waals surface area (Å²) in [6.45, 7) is 0. The molecule has 0 saturated carbocycles. The van der Waals surface area contributed by atoms with Crippen molar-refractivity contribution in [2.45, 2.75) is 0 Å². The lowest BCUT2D eigenvalue weighted by Crippen LogP contribution is -2.04. The first kappa shape index (κ1) is 19.4. The van der Waals surface area contributed by atoms with Crippen molar-refractivity contribution in [3.05, 3.63) is 60.6 Å². The van der Waals surface area contributed by atoms with Crippen LogP contribution in [-0.2, 0) is 18.8 Å². The van der Waals surface area contributed by atoms with E-state index in [1.807, 2.05) is 56.6 Å². The Morgan fingerprint density at radius 2 is 1.91 bits per heavy atom. The molecule has 0 radical (unpaired) electrons. The minimum atomic E-state index is -0.561. The average molecular weight is 429 g/mol. The smallest absolute Gasteiger partial charge is 0.360 e. The topological polar surface area (TPSA) is 118 Å². The van der Waals surface area contributed by atoms with Gasteiger partial charge in [-0.3, -0.25) is 9.36 Å². The Balaban J connectivity index is 1.56. The second kappa shape index (κ2) is 7.61. The summed E-state index contributed by atoms with van der Waals surface area (Å²) < 4.78 is 9.65. The maximum Gasteiger partial charge on any atom is 0.360 e. The number of hydrogen-bond donors (Lipinski definition) is 1. The molecule has 0 saturated heterocycles. The Labute approximate surface area is 182 Å². The number of nitrogens with zero attached hydrogens (tertiary/aromatic N) is 8. The minimum absolute atomic E-state index is 0.106. The predicted octanol–water partition coefficient (Wildman–Crippen LogP) is 2.48. The van der Waals surface area contributed by atoms with Crippen molar-refractivity contribution >= 4 is 28.6 Å². The van der Waals surface area contributed by atoms with Crippen molar-refractivity contribution in [1.29, 1.82) is 0 Å². The van der Waals surface area contributed by atoms with Gasteiger partial charge >= 0.3 is 5.97 Å². The number of anilines is 2. The maximum atomic E-state index is 11.8. The van der Waals surface area contributed by atoms with Crippen LogP contribution in [0.25, 0.3) is 28.0 Å². The monoisotopic (exact) mass is 429 g/mol. The molecule has 5 rings (SSSR count). The van der Waals surface area contributed by atoms with Gasteiger partial charge < -0.3 is 10.1 Å². The number of fused-ring (bicyclic) bond motifs is 1. The summed E-state index contributed by atoms with van der Waals surface area (Å²) in [6, 6.07) is 13.7. The molecule has 4 aromatic heterocycles. The van der Waals surface area contributed by atoms with E-state index >= 15 is 0 Å². The van der Waals surface area contributed by atoms with Gasteiger partial charge in [0.1, 0.15) is 11.6 Å². The number of pyridine rings is 1. The molecule has 0 atom stereocenters. The number of esters is 1. The Hall–Kier alpha value is -4.54. The fraction of sp³-hybridized carbons (Fsp3) is 0.143. The number of aromatic nitrogens is 8. The highest BCUT2D eigenvalue weighted by Crippen LogP contribution is 2.27. The van der Waals surface area contributed by atoms with Crippen LogP contribution < -0.4 is 5.32 Å². The van der Waals surface area contributed by atoms with Gasteiger partial charge in [-0.1, -0.05) is 35.5 Å². The number of nitrogens with one attached hydrogen (secondary N) is 1. The summed E-state index contributed by atoms with van der Waals surface area (Å²) in [7, 11) is 4.97. The van der Waals surface area contributed by atoms with E-state index in [0.29, 0.717) is 17.2 Å². The molecule has 11 heteroatoms. The van der Waals surface area contributed by atoms with Gasteiger partial charge in [0.25, 0.3) is 0 Å². The van der Waals surface area contributed by atoms with Gasteiger partial charge in [0, 0.05) is 31.8 Å². The SMILES string of the molecule is COC(=O)c1cn(-c2cc(Nc3cc(-c4ccccc4)nn3C)nc3c2cnn3C)nn1. The first-order valence-electron chi connectivity index (χ1n) is 9.74. The average Bonchev–Trinajstić information content (AvgIpc) is 3.54. The molecule has 4 heterocycles. The summed E-state index contributed by atoms with van der Waals surface area (Å²) in [4.78, 5) is 16.5. The highest BCUT2D eigenvalue weighted by atomic mass is 16.5. The lowest BCUT2D eigenvalue weighted by molar-refractivity contribution is 0.0594. The number of aryl methyl sites for hydroxylation is 2. The molecule has 0 aliphatic rings. The number of hydrogen-bond acceptors (Lipinski definition) is 8. The highest BCUT2D eigenvalue weighted by molar-refractivity contribution is 5.89. The van der Waals surface area contributed by atoms with Crippen LogP contribution in [0.5, 0.6) is 0 Å². The number of carbonyl (C=O) groups excluding carboxylic acids is 1. The number of rotatable bonds is 5. The normalized spacial score (nSPS) is 11.1. The van der Waals surface area contributed by atoms with E-state index in [1.54, 1.807) is 15.6 Å². The second-order valence-electron chi connectivity index (χ2n) is 7.10. The number of benzene rings is 1. The number of carbonyl (C=O) groups is 1. The van der Waals surface area contributed by atoms with Gasteiger partial charge in [0.15, 0.2) is 11.3 Å². The van der Waals surface area contributed by atoms with Gasteiger partial charge in [0.2, 0.25) is 0 Å². The van der Waals surface area contributed by atoms with Gasteiger partial charge in [-0.2, -0.15) is 10.2 Å². The van der Waals surface area contributed by atoms with Crippen molar-refractivity contribution in [2.24, 2.45) is 14.1 Å². The number of ether oxygens (including phenoxy) is 1. The van der Waals surface area contributed by atoms with Crippen LogP contribution in [0.2, 0.25) is 0 Å². The fourth-order valence-corrected chi connectivity index (χ4v) is 3.40. The van der Waals surface area contributed by atoms with Gasteiger partial charge in [-0.05, 0) is 0 Å². The molecule has 1 N–H and O–H groups in total. The minimum Gasteiger partial charge on any atom is -0.464 e. The summed E-state index contributed by atoms with van der Waals surface area (Å²) >= 11 is 0. The zero-order chi connectivity index (χ0) is 22.2. The molecule has 0 amide bonds. The second-order valence-corrected chi connectivity index (χ2v) is 7.10. The third-order valence-corrected chi connectivity index (χ3v) is 5.02. The van der Waals surface area contributed by atoms with Gasteiger partial charge in [0.05, 0.1) is 36.3 Å². The van der Waals surface area contributed by atoms with E-state index in [2.05, 4.69) is 25.8 Å². The quantitative estimate of drug-likeness (QED) is 0.424. The van der Waals surface area contributed by atoms with E-state index in [0.717, 1.165) is 22.5 Å². The van der Waals surface area contributed by atoms with Crippen molar-refractivity contribution in [1.82, 2.24) is 39.5 Å². The largest absolute Gasteiger partial charge is 0.464 e. The Kier molecular flexibility index (Phi) is 4.62. The standard InChI is InChI=1S/C21H19N9O2/c1-28-19(9-15(26-28)13-7-5-4-6-8-13)23-18-10-17(14-11-22-29(2)20(14)24-18)30-12-16(25-27-30)21(31)32-3/h4-12H,1-3H3,(H,23,24). The molecule has 0 fully saturated rings. The van der Waals surface area contributed by atoms with Crippen LogP contribution in [0.15, 0.2) is 54.9 Å². The molecular formula is C21H19N9O2. The van der Waals surface area contributed by atoms with Gasteiger partial charge in [-0.25, -0.2) is 14.5 Å². The van der Waals surface area contributed by atoms with E-state index in [9.17, 15) is 4.79 Å². The lowest BCUT2D eigenvalue weighted by Gasteiger charge is -2.09.